The summed E-state index contributed by atoms with van der Waals surface area (Å²) in [5.74, 6) is 1.31. The zero-order chi connectivity index (χ0) is 15.5. The quantitative estimate of drug-likeness (QED) is 0.855. The second kappa shape index (κ2) is 6.35. The third-order valence-corrected chi connectivity index (χ3v) is 4.43. The molecular formula is C14H17N5O2S. The molecule has 0 spiro atoms. The number of piperidine rings is 1. The number of hydrogen-bond donors (Lipinski definition) is 0. The van der Waals surface area contributed by atoms with Crippen molar-refractivity contribution in [1.82, 2.24) is 24.5 Å². The van der Waals surface area contributed by atoms with Crippen molar-refractivity contribution in [2.45, 2.75) is 32.8 Å². The van der Waals surface area contributed by atoms with Gasteiger partial charge in [0.25, 0.3) is 5.91 Å². The largest absolute Gasteiger partial charge is 0.474 e. The molecule has 3 heterocycles. The smallest absolute Gasteiger partial charge is 0.267 e. The van der Waals surface area contributed by atoms with Gasteiger partial charge in [0.15, 0.2) is 0 Å². The van der Waals surface area contributed by atoms with Crippen LogP contribution in [0.5, 0.6) is 5.88 Å². The van der Waals surface area contributed by atoms with Crippen LogP contribution in [0.4, 0.5) is 0 Å². The van der Waals surface area contributed by atoms with Gasteiger partial charge in [0.05, 0.1) is 5.69 Å². The molecule has 0 saturated carbocycles. The molecule has 0 aromatic carbocycles. The normalized spacial score (nSPS) is 15.8. The predicted octanol–water partition coefficient (Wildman–Crippen LogP) is 1.63. The summed E-state index contributed by atoms with van der Waals surface area (Å²) in [6.45, 7) is 4.99. The number of carbonyl (C=O) groups excluding carboxylic acids is 1. The SMILES string of the molecule is Cc1nccc(OC2CCN(C(=O)c3snnc3C)CC2)n1. The fourth-order valence-corrected chi connectivity index (χ4v) is 3.04. The molecule has 0 unspecified atom stereocenters. The Morgan fingerprint density at radius 2 is 2.14 bits per heavy atom. The predicted molar refractivity (Wildman–Crippen MR) is 81.0 cm³/mol. The summed E-state index contributed by atoms with van der Waals surface area (Å²) in [5, 5.41) is 3.89. The van der Waals surface area contributed by atoms with Gasteiger partial charge in [-0.2, -0.15) is 4.98 Å². The lowest BCUT2D eigenvalue weighted by atomic mass is 10.1. The average molecular weight is 319 g/mol. The molecule has 2 aromatic heterocycles. The highest BCUT2D eigenvalue weighted by Crippen LogP contribution is 2.20. The van der Waals surface area contributed by atoms with Gasteiger partial charge in [-0.3, -0.25) is 4.79 Å². The van der Waals surface area contributed by atoms with Crippen molar-refractivity contribution in [2.24, 2.45) is 0 Å². The van der Waals surface area contributed by atoms with E-state index in [-0.39, 0.29) is 12.0 Å². The van der Waals surface area contributed by atoms with Crippen LogP contribution in [0.3, 0.4) is 0 Å². The van der Waals surface area contributed by atoms with Crippen molar-refractivity contribution in [2.75, 3.05) is 13.1 Å². The fraction of sp³-hybridized carbons (Fsp3) is 0.500. The monoisotopic (exact) mass is 319 g/mol. The van der Waals surface area contributed by atoms with Gasteiger partial charge in [-0.05, 0) is 25.4 Å². The van der Waals surface area contributed by atoms with Gasteiger partial charge in [-0.25, -0.2) is 4.98 Å². The summed E-state index contributed by atoms with van der Waals surface area (Å²) in [4.78, 5) is 23.2. The van der Waals surface area contributed by atoms with E-state index in [1.165, 1.54) is 0 Å². The standard InChI is InChI=1S/C14H17N5O2S/c1-9-13(22-18-17-9)14(20)19-7-4-11(5-8-19)21-12-3-6-15-10(2)16-12/h3,6,11H,4-5,7-8H2,1-2H3. The maximum absolute atomic E-state index is 12.4. The Morgan fingerprint density at radius 1 is 1.36 bits per heavy atom. The second-order valence-corrected chi connectivity index (χ2v) is 5.99. The Balaban J connectivity index is 1.56. The summed E-state index contributed by atoms with van der Waals surface area (Å²) >= 11 is 1.16. The van der Waals surface area contributed by atoms with Crippen molar-refractivity contribution in [1.29, 1.82) is 0 Å². The molecular weight excluding hydrogens is 302 g/mol. The molecule has 1 amide bonds. The minimum Gasteiger partial charge on any atom is -0.474 e. The fourth-order valence-electron chi connectivity index (χ4n) is 2.42. The van der Waals surface area contributed by atoms with Crippen molar-refractivity contribution in [3.63, 3.8) is 0 Å². The number of amides is 1. The van der Waals surface area contributed by atoms with Gasteiger partial charge in [-0.15, -0.1) is 5.10 Å². The first-order valence-electron chi connectivity index (χ1n) is 7.18. The topological polar surface area (TPSA) is 81.1 Å². The molecule has 116 valence electrons. The first-order valence-corrected chi connectivity index (χ1v) is 7.95. The van der Waals surface area contributed by atoms with Gasteiger partial charge >= 0.3 is 0 Å². The number of likely N-dealkylation sites (tertiary alicyclic amines) is 1. The Kier molecular flexibility index (Phi) is 4.28. The van der Waals surface area contributed by atoms with Crippen molar-refractivity contribution >= 4 is 17.4 Å². The van der Waals surface area contributed by atoms with E-state index in [2.05, 4.69) is 19.6 Å². The van der Waals surface area contributed by atoms with Crippen LogP contribution in [0.2, 0.25) is 0 Å². The highest BCUT2D eigenvalue weighted by Gasteiger charge is 2.27. The highest BCUT2D eigenvalue weighted by atomic mass is 32.1. The minimum atomic E-state index is 0.0174. The first kappa shape index (κ1) is 14.8. The van der Waals surface area contributed by atoms with Crippen LogP contribution in [-0.4, -0.2) is 49.6 Å². The van der Waals surface area contributed by atoms with Crippen LogP contribution >= 0.6 is 11.5 Å². The average Bonchev–Trinajstić information content (AvgIpc) is 2.93. The summed E-state index contributed by atoms with van der Waals surface area (Å²) in [6, 6.07) is 1.76. The lowest BCUT2D eigenvalue weighted by Crippen LogP contribution is -2.41. The first-order chi connectivity index (χ1) is 10.6. The molecule has 2 aromatic rings. The van der Waals surface area contributed by atoms with E-state index in [1.807, 2.05) is 18.7 Å². The third kappa shape index (κ3) is 3.22. The zero-order valence-electron chi connectivity index (χ0n) is 12.5. The molecule has 1 aliphatic rings. The lowest BCUT2D eigenvalue weighted by Gasteiger charge is -2.31. The van der Waals surface area contributed by atoms with Crippen molar-refractivity contribution < 1.29 is 9.53 Å². The Bertz CT molecular complexity index is 667. The molecule has 22 heavy (non-hydrogen) atoms. The molecule has 0 bridgehead atoms. The van der Waals surface area contributed by atoms with Crippen LogP contribution in [-0.2, 0) is 0 Å². The van der Waals surface area contributed by atoms with E-state index in [0.717, 1.165) is 24.4 Å². The van der Waals surface area contributed by atoms with E-state index in [0.29, 0.717) is 35.4 Å². The number of aromatic nitrogens is 4. The van der Waals surface area contributed by atoms with E-state index < -0.39 is 0 Å². The molecule has 1 fully saturated rings. The van der Waals surface area contributed by atoms with Crippen LogP contribution < -0.4 is 4.74 Å². The van der Waals surface area contributed by atoms with E-state index in [4.69, 9.17) is 4.74 Å². The van der Waals surface area contributed by atoms with Crippen LogP contribution in [0.15, 0.2) is 12.3 Å². The summed E-state index contributed by atoms with van der Waals surface area (Å²) in [6.07, 6.45) is 3.36. The molecule has 7 nitrogen and oxygen atoms in total. The third-order valence-electron chi connectivity index (χ3n) is 3.61. The Labute approximate surface area is 132 Å². The van der Waals surface area contributed by atoms with Crippen molar-refractivity contribution in [3.05, 3.63) is 28.7 Å². The lowest BCUT2D eigenvalue weighted by molar-refractivity contribution is 0.0591. The molecule has 3 rings (SSSR count). The summed E-state index contributed by atoms with van der Waals surface area (Å²) in [7, 11) is 0. The molecule has 0 N–H and O–H groups in total. The van der Waals surface area contributed by atoms with E-state index in [9.17, 15) is 4.79 Å². The van der Waals surface area contributed by atoms with Gasteiger partial charge in [0, 0.05) is 38.2 Å². The zero-order valence-corrected chi connectivity index (χ0v) is 13.3. The maximum atomic E-state index is 12.4. The van der Waals surface area contributed by atoms with E-state index in [1.54, 1.807) is 12.3 Å². The van der Waals surface area contributed by atoms with Gasteiger partial charge in [-0.1, -0.05) is 4.49 Å². The summed E-state index contributed by atoms with van der Waals surface area (Å²) < 4.78 is 9.69. The summed E-state index contributed by atoms with van der Waals surface area (Å²) in [5.41, 5.74) is 0.699. The molecule has 0 radical (unpaired) electrons. The molecule has 8 heteroatoms. The maximum Gasteiger partial charge on any atom is 0.267 e. The number of nitrogens with zero attached hydrogens (tertiary/aromatic N) is 5. The minimum absolute atomic E-state index is 0.0174. The van der Waals surface area contributed by atoms with Gasteiger partial charge < -0.3 is 9.64 Å². The number of ether oxygens (including phenoxy) is 1. The Hall–Kier alpha value is -2.09. The molecule has 0 atom stereocenters. The second-order valence-electron chi connectivity index (χ2n) is 5.24. The van der Waals surface area contributed by atoms with Gasteiger partial charge in [0.2, 0.25) is 5.88 Å². The molecule has 1 saturated heterocycles. The molecule has 1 aliphatic heterocycles. The van der Waals surface area contributed by atoms with Crippen LogP contribution in [0.25, 0.3) is 0 Å². The Morgan fingerprint density at radius 3 is 2.77 bits per heavy atom. The molecule has 0 aliphatic carbocycles. The van der Waals surface area contributed by atoms with E-state index >= 15 is 0 Å². The number of rotatable bonds is 3. The van der Waals surface area contributed by atoms with Crippen LogP contribution in [0.1, 0.15) is 34.0 Å². The number of hydrogen-bond acceptors (Lipinski definition) is 7. The highest BCUT2D eigenvalue weighted by molar-refractivity contribution is 7.07. The number of carbonyl (C=O) groups is 1. The van der Waals surface area contributed by atoms with Crippen molar-refractivity contribution in [3.8, 4) is 5.88 Å². The number of aryl methyl sites for hydroxylation is 2. The van der Waals surface area contributed by atoms with Gasteiger partial charge in [0.1, 0.15) is 16.8 Å². The van der Waals surface area contributed by atoms with Crippen LogP contribution in [0, 0.1) is 13.8 Å².